The highest BCUT2D eigenvalue weighted by atomic mass is 79.9. The largest absolute Gasteiger partial charge is 0.354 e. The van der Waals surface area contributed by atoms with Crippen LogP contribution in [0.4, 0.5) is 0 Å². The van der Waals surface area contributed by atoms with Crippen LogP contribution >= 0.6 is 39.9 Å². The Labute approximate surface area is 176 Å². The molecule has 27 heavy (non-hydrogen) atoms. The van der Waals surface area contributed by atoms with Crippen LogP contribution in [0.25, 0.3) is 6.08 Å². The van der Waals surface area contributed by atoms with Gasteiger partial charge in [-0.25, -0.2) is 0 Å². The van der Waals surface area contributed by atoms with Gasteiger partial charge in [-0.05, 0) is 35.8 Å². The summed E-state index contributed by atoms with van der Waals surface area (Å²) < 4.78 is 1.34. The Morgan fingerprint density at radius 3 is 2.70 bits per heavy atom. The molecule has 0 bridgehead atoms. The summed E-state index contributed by atoms with van der Waals surface area (Å²) in [7, 11) is 0. The van der Waals surface area contributed by atoms with Gasteiger partial charge in [-0.2, -0.15) is 0 Å². The average molecular weight is 461 g/mol. The third kappa shape index (κ3) is 5.51. The van der Waals surface area contributed by atoms with Crippen LogP contribution in [-0.2, 0) is 16.0 Å². The van der Waals surface area contributed by atoms with Crippen LogP contribution < -0.4 is 5.32 Å². The highest BCUT2D eigenvalue weighted by molar-refractivity contribution is 9.10. The first kappa shape index (κ1) is 19.8. The predicted octanol–water partition coefficient (Wildman–Crippen LogP) is 4.01. The van der Waals surface area contributed by atoms with Gasteiger partial charge in [0.05, 0.1) is 4.91 Å². The molecule has 0 saturated carbocycles. The van der Waals surface area contributed by atoms with Crippen molar-refractivity contribution in [3.8, 4) is 0 Å². The van der Waals surface area contributed by atoms with Crippen molar-refractivity contribution in [2.75, 3.05) is 13.1 Å². The normalized spacial score (nSPS) is 15.4. The molecule has 138 valence electrons. The number of rotatable bonds is 6. The van der Waals surface area contributed by atoms with Crippen molar-refractivity contribution in [1.29, 1.82) is 0 Å². The van der Waals surface area contributed by atoms with Crippen molar-refractivity contribution < 1.29 is 9.59 Å². The molecule has 2 amide bonds. The fraction of sp³-hybridized carbons (Fsp3) is 0.150. The van der Waals surface area contributed by atoms with E-state index in [0.29, 0.717) is 15.8 Å². The van der Waals surface area contributed by atoms with E-state index in [-0.39, 0.29) is 18.4 Å². The van der Waals surface area contributed by atoms with E-state index < -0.39 is 0 Å². The summed E-state index contributed by atoms with van der Waals surface area (Å²) in [6.45, 7) is 0.459. The average Bonchev–Trinajstić information content (AvgIpc) is 2.90. The summed E-state index contributed by atoms with van der Waals surface area (Å²) in [6, 6.07) is 17.6. The number of nitrogens with zero attached hydrogens (tertiary/aromatic N) is 1. The lowest BCUT2D eigenvalue weighted by atomic mass is 10.1. The third-order valence-corrected chi connectivity index (χ3v) is 5.77. The topological polar surface area (TPSA) is 49.4 Å². The second-order valence-electron chi connectivity index (χ2n) is 5.91. The number of hydrogen-bond acceptors (Lipinski definition) is 4. The molecule has 0 unspecified atom stereocenters. The molecule has 4 nitrogen and oxygen atoms in total. The summed E-state index contributed by atoms with van der Waals surface area (Å²) in [6.07, 6.45) is 2.53. The molecule has 1 saturated heterocycles. The fourth-order valence-electron chi connectivity index (χ4n) is 2.57. The van der Waals surface area contributed by atoms with Gasteiger partial charge < -0.3 is 5.32 Å². The number of carbonyl (C=O) groups excluding carboxylic acids is 2. The van der Waals surface area contributed by atoms with Crippen LogP contribution in [0.2, 0.25) is 0 Å². The number of nitrogens with one attached hydrogen (secondary N) is 1. The van der Waals surface area contributed by atoms with Crippen molar-refractivity contribution in [3.05, 3.63) is 75.1 Å². The lowest BCUT2D eigenvalue weighted by Crippen LogP contribution is -2.40. The van der Waals surface area contributed by atoms with Crippen molar-refractivity contribution in [3.63, 3.8) is 0 Å². The molecule has 1 N–H and O–H groups in total. The van der Waals surface area contributed by atoms with E-state index in [1.807, 2.05) is 54.6 Å². The first-order valence-electron chi connectivity index (χ1n) is 8.34. The number of thioether (sulfide) groups is 1. The van der Waals surface area contributed by atoms with Gasteiger partial charge in [0.2, 0.25) is 5.91 Å². The molecule has 1 aliphatic rings. The Morgan fingerprint density at radius 2 is 1.96 bits per heavy atom. The smallest absolute Gasteiger partial charge is 0.266 e. The van der Waals surface area contributed by atoms with E-state index in [0.717, 1.165) is 22.0 Å². The van der Waals surface area contributed by atoms with E-state index >= 15 is 0 Å². The number of carbonyl (C=O) groups is 2. The minimum atomic E-state index is -0.233. The number of halogens is 1. The molecule has 1 fully saturated rings. The maximum Gasteiger partial charge on any atom is 0.266 e. The third-order valence-electron chi connectivity index (χ3n) is 3.90. The number of hydrogen-bond donors (Lipinski definition) is 1. The van der Waals surface area contributed by atoms with Crippen LogP contribution in [0.15, 0.2) is 64.0 Å². The van der Waals surface area contributed by atoms with Gasteiger partial charge in [0.25, 0.3) is 5.91 Å². The Bertz CT molecular complexity index is 900. The molecule has 0 aromatic heterocycles. The second kappa shape index (κ2) is 9.30. The van der Waals surface area contributed by atoms with Crippen LogP contribution in [-0.4, -0.2) is 34.1 Å². The molecule has 0 atom stereocenters. The maximum atomic E-state index is 12.6. The van der Waals surface area contributed by atoms with Crippen molar-refractivity contribution in [1.82, 2.24) is 10.2 Å². The molecule has 1 heterocycles. The van der Waals surface area contributed by atoms with Crippen LogP contribution in [0, 0.1) is 0 Å². The van der Waals surface area contributed by atoms with Crippen LogP contribution in [0.5, 0.6) is 0 Å². The molecule has 7 heteroatoms. The van der Waals surface area contributed by atoms with Crippen molar-refractivity contribution >= 4 is 62.1 Å². The zero-order valence-corrected chi connectivity index (χ0v) is 17.6. The van der Waals surface area contributed by atoms with Gasteiger partial charge >= 0.3 is 0 Å². The number of benzene rings is 2. The van der Waals surface area contributed by atoms with Gasteiger partial charge in [0.15, 0.2) is 0 Å². The predicted molar refractivity (Wildman–Crippen MR) is 117 cm³/mol. The van der Waals surface area contributed by atoms with E-state index in [1.165, 1.54) is 16.7 Å². The van der Waals surface area contributed by atoms with Gasteiger partial charge in [-0.15, -0.1) is 0 Å². The van der Waals surface area contributed by atoms with Gasteiger partial charge in [0.1, 0.15) is 10.9 Å². The number of amides is 2. The summed E-state index contributed by atoms with van der Waals surface area (Å²) in [5.74, 6) is -0.450. The molecule has 2 aromatic rings. The molecular weight excluding hydrogens is 444 g/mol. The quantitative estimate of drug-likeness (QED) is 0.522. The summed E-state index contributed by atoms with van der Waals surface area (Å²) >= 11 is 9.91. The summed E-state index contributed by atoms with van der Waals surface area (Å²) in [5.41, 5.74) is 2.05. The lowest BCUT2D eigenvalue weighted by Gasteiger charge is -2.14. The summed E-state index contributed by atoms with van der Waals surface area (Å²) in [5, 5.41) is 2.84. The van der Waals surface area contributed by atoms with E-state index in [9.17, 15) is 9.59 Å². The van der Waals surface area contributed by atoms with E-state index in [2.05, 4.69) is 21.2 Å². The SMILES string of the molecule is O=C(CN1C(=O)/C(=C\c2cccc(Br)c2)SC1=S)NCCc1ccccc1. The molecule has 0 spiro atoms. The first-order valence-corrected chi connectivity index (χ1v) is 10.4. The Morgan fingerprint density at radius 1 is 1.19 bits per heavy atom. The van der Waals surface area contributed by atoms with Crippen molar-refractivity contribution in [2.24, 2.45) is 0 Å². The molecule has 0 aliphatic carbocycles. The number of thiocarbonyl (C=S) groups is 1. The molecule has 1 aliphatic heterocycles. The summed E-state index contributed by atoms with van der Waals surface area (Å²) in [4.78, 5) is 26.7. The molecule has 2 aromatic carbocycles. The maximum absolute atomic E-state index is 12.6. The standard InChI is InChI=1S/C20H17BrN2O2S2/c21-16-8-4-7-15(11-16)12-17-19(25)23(20(26)27-17)13-18(24)22-10-9-14-5-2-1-3-6-14/h1-8,11-12H,9-10,13H2,(H,22,24)/b17-12+. The van der Waals surface area contributed by atoms with Crippen LogP contribution in [0.3, 0.4) is 0 Å². The van der Waals surface area contributed by atoms with Crippen LogP contribution in [0.1, 0.15) is 11.1 Å². The second-order valence-corrected chi connectivity index (χ2v) is 8.50. The minimum Gasteiger partial charge on any atom is -0.354 e. The molecule has 0 radical (unpaired) electrons. The van der Waals surface area contributed by atoms with Crippen molar-refractivity contribution in [2.45, 2.75) is 6.42 Å². The monoisotopic (exact) mass is 460 g/mol. The fourth-order valence-corrected chi connectivity index (χ4v) is 4.25. The lowest BCUT2D eigenvalue weighted by molar-refractivity contribution is -0.128. The Hall–Kier alpha value is -1.96. The van der Waals surface area contributed by atoms with Gasteiger partial charge in [-0.1, -0.05) is 82.4 Å². The van der Waals surface area contributed by atoms with Gasteiger partial charge in [-0.3, -0.25) is 14.5 Å². The highest BCUT2D eigenvalue weighted by Crippen LogP contribution is 2.32. The Kier molecular flexibility index (Phi) is 6.82. The zero-order chi connectivity index (χ0) is 19.2. The molecule has 3 rings (SSSR count). The zero-order valence-electron chi connectivity index (χ0n) is 14.4. The molecular formula is C20H17BrN2O2S2. The van der Waals surface area contributed by atoms with E-state index in [1.54, 1.807) is 6.08 Å². The Balaban J connectivity index is 1.56. The van der Waals surface area contributed by atoms with Gasteiger partial charge in [0, 0.05) is 11.0 Å². The minimum absolute atomic E-state index is 0.0602. The first-order chi connectivity index (χ1) is 13.0. The highest BCUT2D eigenvalue weighted by Gasteiger charge is 2.33. The van der Waals surface area contributed by atoms with E-state index in [4.69, 9.17) is 12.2 Å².